The summed E-state index contributed by atoms with van der Waals surface area (Å²) in [5.41, 5.74) is 6.85. The molecule has 3 nitrogen and oxygen atoms in total. The third-order valence-corrected chi connectivity index (χ3v) is 3.72. The summed E-state index contributed by atoms with van der Waals surface area (Å²) in [7, 11) is 0. The van der Waals surface area contributed by atoms with Crippen LogP contribution in [-0.2, 0) is 4.79 Å². The summed E-state index contributed by atoms with van der Waals surface area (Å²) in [4.78, 5) is 12.1. The molecule has 3 N–H and O–H groups in total. The van der Waals surface area contributed by atoms with Crippen molar-refractivity contribution in [3.8, 4) is 0 Å². The van der Waals surface area contributed by atoms with Crippen molar-refractivity contribution in [2.24, 2.45) is 11.7 Å². The molecule has 0 bridgehead atoms. The predicted octanol–water partition coefficient (Wildman–Crippen LogP) is 2.38. The van der Waals surface area contributed by atoms with Gasteiger partial charge < -0.3 is 11.1 Å². The minimum absolute atomic E-state index is 0.0553. The van der Waals surface area contributed by atoms with E-state index in [0.717, 1.165) is 18.4 Å². The van der Waals surface area contributed by atoms with Crippen molar-refractivity contribution < 1.29 is 4.79 Å². The van der Waals surface area contributed by atoms with Crippen molar-refractivity contribution in [2.45, 2.75) is 44.7 Å². The summed E-state index contributed by atoms with van der Waals surface area (Å²) >= 11 is 0. The molecule has 0 aliphatic heterocycles. The Hall–Kier alpha value is -1.35. The number of rotatable bonds is 3. The van der Waals surface area contributed by atoms with Crippen LogP contribution in [0.2, 0.25) is 0 Å². The van der Waals surface area contributed by atoms with E-state index < -0.39 is 6.04 Å². The van der Waals surface area contributed by atoms with Crippen molar-refractivity contribution in [1.29, 1.82) is 0 Å². The molecule has 1 saturated carbocycles. The van der Waals surface area contributed by atoms with Gasteiger partial charge in [-0.2, -0.15) is 0 Å². The van der Waals surface area contributed by atoms with E-state index >= 15 is 0 Å². The van der Waals surface area contributed by atoms with Crippen molar-refractivity contribution in [2.75, 3.05) is 0 Å². The number of hydrogen-bond acceptors (Lipinski definition) is 2. The van der Waals surface area contributed by atoms with Crippen LogP contribution < -0.4 is 11.1 Å². The number of carbonyl (C=O) groups excluding carboxylic acids is 1. The summed E-state index contributed by atoms with van der Waals surface area (Å²) in [6.45, 7) is 2.25. The van der Waals surface area contributed by atoms with E-state index in [2.05, 4.69) is 12.2 Å². The lowest BCUT2D eigenvalue weighted by molar-refractivity contribution is -0.123. The monoisotopic (exact) mass is 246 g/mol. The van der Waals surface area contributed by atoms with E-state index in [0.29, 0.717) is 12.0 Å². The zero-order valence-electron chi connectivity index (χ0n) is 10.9. The molecule has 1 aliphatic carbocycles. The Morgan fingerprint density at radius 3 is 2.72 bits per heavy atom. The van der Waals surface area contributed by atoms with Crippen LogP contribution in [0.3, 0.4) is 0 Å². The summed E-state index contributed by atoms with van der Waals surface area (Å²) in [5, 5.41) is 3.08. The van der Waals surface area contributed by atoms with Crippen LogP contribution in [-0.4, -0.2) is 11.9 Å². The van der Waals surface area contributed by atoms with Gasteiger partial charge in [-0.05, 0) is 24.3 Å². The lowest BCUT2D eigenvalue weighted by Gasteiger charge is -2.28. The van der Waals surface area contributed by atoms with Crippen LogP contribution in [0.4, 0.5) is 0 Å². The van der Waals surface area contributed by atoms with Gasteiger partial charge in [0.2, 0.25) is 5.91 Å². The van der Waals surface area contributed by atoms with Crippen LogP contribution in [0.25, 0.3) is 0 Å². The van der Waals surface area contributed by atoms with Gasteiger partial charge in [-0.25, -0.2) is 0 Å². The number of benzene rings is 1. The van der Waals surface area contributed by atoms with Crippen LogP contribution in [0.5, 0.6) is 0 Å². The van der Waals surface area contributed by atoms with Crippen LogP contribution in [0, 0.1) is 5.92 Å². The minimum Gasteiger partial charge on any atom is -0.352 e. The summed E-state index contributed by atoms with van der Waals surface area (Å²) in [5.74, 6) is 0.650. The molecule has 98 valence electrons. The minimum atomic E-state index is -0.552. The average Bonchev–Trinajstić information content (AvgIpc) is 2.39. The topological polar surface area (TPSA) is 55.1 Å². The maximum Gasteiger partial charge on any atom is 0.241 e. The van der Waals surface area contributed by atoms with Crippen molar-refractivity contribution in [1.82, 2.24) is 5.32 Å². The van der Waals surface area contributed by atoms with Crippen LogP contribution >= 0.6 is 0 Å². The van der Waals surface area contributed by atoms with Gasteiger partial charge in [0.15, 0.2) is 0 Å². The fraction of sp³-hybridized carbons (Fsp3) is 0.533. The molecule has 0 aromatic heterocycles. The largest absolute Gasteiger partial charge is 0.352 e. The van der Waals surface area contributed by atoms with E-state index in [4.69, 9.17) is 5.73 Å². The van der Waals surface area contributed by atoms with Gasteiger partial charge in [0.1, 0.15) is 6.04 Å². The first kappa shape index (κ1) is 13.1. The lowest BCUT2D eigenvalue weighted by atomic mass is 9.87. The van der Waals surface area contributed by atoms with Crippen LogP contribution in [0.1, 0.15) is 44.2 Å². The number of nitrogens with one attached hydrogen (secondary N) is 1. The summed E-state index contributed by atoms with van der Waals surface area (Å²) < 4.78 is 0. The Bertz CT molecular complexity index is 391. The van der Waals surface area contributed by atoms with Crippen LogP contribution in [0.15, 0.2) is 30.3 Å². The Labute approximate surface area is 109 Å². The zero-order valence-corrected chi connectivity index (χ0v) is 10.9. The fourth-order valence-corrected chi connectivity index (χ4v) is 2.67. The molecular weight excluding hydrogens is 224 g/mol. The first-order valence-electron chi connectivity index (χ1n) is 6.77. The Kier molecular flexibility index (Phi) is 4.37. The highest BCUT2D eigenvalue weighted by molar-refractivity contribution is 5.83. The predicted molar refractivity (Wildman–Crippen MR) is 72.9 cm³/mol. The standard InChI is InChI=1S/C15H22N2O/c1-11-6-5-9-13(10-11)17-15(18)14(16)12-7-3-2-4-8-12/h2-4,7-8,11,13-14H,5-6,9-10,16H2,1H3,(H,17,18). The SMILES string of the molecule is CC1CCCC(NC(=O)C(N)c2ccccc2)C1. The van der Waals surface area contributed by atoms with Crippen molar-refractivity contribution in [3.05, 3.63) is 35.9 Å². The van der Waals surface area contributed by atoms with Gasteiger partial charge >= 0.3 is 0 Å². The molecule has 3 atom stereocenters. The summed E-state index contributed by atoms with van der Waals surface area (Å²) in [6.07, 6.45) is 4.63. The second-order valence-corrected chi connectivity index (χ2v) is 5.37. The highest BCUT2D eigenvalue weighted by Gasteiger charge is 2.23. The maximum atomic E-state index is 12.1. The maximum absolute atomic E-state index is 12.1. The molecule has 0 heterocycles. The first-order valence-corrected chi connectivity index (χ1v) is 6.77. The number of amides is 1. The molecular formula is C15H22N2O. The molecule has 3 unspecified atom stereocenters. The van der Waals surface area contributed by atoms with Gasteiger partial charge in [-0.1, -0.05) is 50.1 Å². The van der Waals surface area contributed by atoms with E-state index in [9.17, 15) is 4.79 Å². The van der Waals surface area contributed by atoms with Gasteiger partial charge in [0.25, 0.3) is 0 Å². The van der Waals surface area contributed by atoms with E-state index in [1.807, 2.05) is 30.3 Å². The quantitative estimate of drug-likeness (QED) is 0.860. The molecule has 1 amide bonds. The van der Waals surface area contributed by atoms with Gasteiger partial charge in [0, 0.05) is 6.04 Å². The van der Waals surface area contributed by atoms with Gasteiger partial charge in [-0.15, -0.1) is 0 Å². The van der Waals surface area contributed by atoms with E-state index in [-0.39, 0.29) is 5.91 Å². The Balaban J connectivity index is 1.91. The smallest absolute Gasteiger partial charge is 0.241 e. The molecule has 0 saturated heterocycles. The Morgan fingerprint density at radius 2 is 2.06 bits per heavy atom. The molecule has 0 spiro atoms. The number of hydrogen-bond donors (Lipinski definition) is 2. The molecule has 1 aromatic carbocycles. The highest BCUT2D eigenvalue weighted by atomic mass is 16.2. The molecule has 1 aliphatic rings. The van der Waals surface area contributed by atoms with Gasteiger partial charge in [-0.3, -0.25) is 4.79 Å². The highest BCUT2D eigenvalue weighted by Crippen LogP contribution is 2.24. The van der Waals surface area contributed by atoms with E-state index in [1.54, 1.807) is 0 Å². The number of carbonyl (C=O) groups is 1. The first-order chi connectivity index (χ1) is 8.66. The Morgan fingerprint density at radius 1 is 1.33 bits per heavy atom. The van der Waals surface area contributed by atoms with E-state index in [1.165, 1.54) is 12.8 Å². The average molecular weight is 246 g/mol. The molecule has 3 heteroatoms. The second kappa shape index (κ2) is 6.01. The normalized spacial score (nSPS) is 25.4. The lowest BCUT2D eigenvalue weighted by Crippen LogP contribution is -2.42. The second-order valence-electron chi connectivity index (χ2n) is 5.37. The molecule has 2 rings (SSSR count). The summed E-state index contributed by atoms with van der Waals surface area (Å²) in [6, 6.07) is 9.29. The van der Waals surface area contributed by atoms with Crippen molar-refractivity contribution in [3.63, 3.8) is 0 Å². The zero-order chi connectivity index (χ0) is 13.0. The van der Waals surface area contributed by atoms with Gasteiger partial charge in [0.05, 0.1) is 0 Å². The molecule has 1 aromatic rings. The molecule has 0 radical (unpaired) electrons. The third-order valence-electron chi connectivity index (χ3n) is 3.72. The molecule has 1 fully saturated rings. The van der Waals surface area contributed by atoms with Crippen molar-refractivity contribution >= 4 is 5.91 Å². The molecule has 18 heavy (non-hydrogen) atoms. The fourth-order valence-electron chi connectivity index (χ4n) is 2.67. The third kappa shape index (κ3) is 3.33. The number of nitrogens with two attached hydrogens (primary N) is 1.